The Hall–Kier alpha value is -2.09. The van der Waals surface area contributed by atoms with Gasteiger partial charge in [-0.15, -0.1) is 0 Å². The molecule has 0 aromatic heterocycles. The molecule has 19 heavy (non-hydrogen) atoms. The zero-order chi connectivity index (χ0) is 13.8. The van der Waals surface area contributed by atoms with Crippen molar-refractivity contribution in [2.45, 2.75) is 26.7 Å². The fraction of sp³-hybridized carbons (Fsp3) is 0.235. The Morgan fingerprint density at radius 1 is 1.00 bits per heavy atom. The highest BCUT2D eigenvalue weighted by Crippen LogP contribution is 2.20. The molecule has 0 saturated carbocycles. The Balaban J connectivity index is 2.46. The third-order valence-corrected chi connectivity index (χ3v) is 3.42. The number of benzene rings is 2. The quantitative estimate of drug-likeness (QED) is 0.668. The van der Waals surface area contributed by atoms with Gasteiger partial charge in [-0.1, -0.05) is 32.0 Å². The maximum atomic E-state index is 12.6. The summed E-state index contributed by atoms with van der Waals surface area (Å²) in [5.74, 6) is 0.0761. The van der Waals surface area contributed by atoms with Crippen molar-refractivity contribution < 1.29 is 4.79 Å². The molecule has 2 nitrogen and oxygen atoms in total. The standard InChI is InChI=1S/C17H19NO/c1-3-12-6-5-7-16(15(12)4-2)17(19)13-8-10-14(18)11-9-13/h5-11H,3-4,18H2,1-2H3. The molecule has 0 heterocycles. The molecule has 0 bridgehead atoms. The first kappa shape index (κ1) is 13.3. The highest BCUT2D eigenvalue weighted by atomic mass is 16.1. The second-order valence-corrected chi connectivity index (χ2v) is 4.60. The van der Waals surface area contributed by atoms with Crippen molar-refractivity contribution in [2.24, 2.45) is 0 Å². The molecule has 0 aliphatic rings. The van der Waals surface area contributed by atoms with Crippen LogP contribution in [0.4, 0.5) is 5.69 Å². The molecule has 0 unspecified atom stereocenters. The Labute approximate surface area is 114 Å². The van der Waals surface area contributed by atoms with Gasteiger partial charge in [-0.3, -0.25) is 4.79 Å². The number of anilines is 1. The van der Waals surface area contributed by atoms with E-state index in [0.29, 0.717) is 11.3 Å². The molecule has 0 saturated heterocycles. The van der Waals surface area contributed by atoms with Gasteiger partial charge in [-0.25, -0.2) is 0 Å². The topological polar surface area (TPSA) is 43.1 Å². The average Bonchev–Trinajstić information content (AvgIpc) is 2.46. The molecule has 0 fully saturated rings. The van der Waals surface area contributed by atoms with Gasteiger partial charge in [-0.2, -0.15) is 0 Å². The number of aryl methyl sites for hydroxylation is 1. The molecule has 0 atom stereocenters. The Bertz CT molecular complexity index is 585. The minimum absolute atomic E-state index is 0.0761. The van der Waals surface area contributed by atoms with Gasteiger partial charge in [0.25, 0.3) is 0 Å². The lowest BCUT2D eigenvalue weighted by atomic mass is 9.92. The first-order valence-electron chi connectivity index (χ1n) is 6.68. The predicted octanol–water partition coefficient (Wildman–Crippen LogP) is 3.62. The van der Waals surface area contributed by atoms with Crippen molar-refractivity contribution in [3.63, 3.8) is 0 Å². The SMILES string of the molecule is CCc1cccc(C(=O)c2ccc(N)cc2)c1CC. The number of hydrogen-bond donors (Lipinski definition) is 1. The fourth-order valence-electron chi connectivity index (χ4n) is 2.39. The molecular weight excluding hydrogens is 234 g/mol. The zero-order valence-electron chi connectivity index (χ0n) is 11.4. The van der Waals surface area contributed by atoms with Crippen molar-refractivity contribution in [2.75, 3.05) is 5.73 Å². The number of carbonyl (C=O) groups is 1. The molecule has 2 N–H and O–H groups in total. The van der Waals surface area contributed by atoms with E-state index in [1.54, 1.807) is 24.3 Å². The van der Waals surface area contributed by atoms with Crippen LogP contribution < -0.4 is 5.73 Å². The van der Waals surface area contributed by atoms with Gasteiger partial charge < -0.3 is 5.73 Å². The van der Waals surface area contributed by atoms with Gasteiger partial charge in [0.15, 0.2) is 5.78 Å². The summed E-state index contributed by atoms with van der Waals surface area (Å²) in [6.07, 6.45) is 1.83. The normalized spacial score (nSPS) is 10.4. The molecule has 2 heteroatoms. The van der Waals surface area contributed by atoms with E-state index in [4.69, 9.17) is 5.73 Å². The van der Waals surface area contributed by atoms with E-state index >= 15 is 0 Å². The summed E-state index contributed by atoms with van der Waals surface area (Å²) >= 11 is 0. The van der Waals surface area contributed by atoms with E-state index in [9.17, 15) is 4.79 Å². The lowest BCUT2D eigenvalue weighted by molar-refractivity contribution is 0.103. The molecule has 0 aliphatic heterocycles. The molecular formula is C17H19NO. The maximum absolute atomic E-state index is 12.6. The van der Waals surface area contributed by atoms with Crippen LogP contribution in [0.5, 0.6) is 0 Å². The summed E-state index contributed by atoms with van der Waals surface area (Å²) in [6.45, 7) is 4.21. The van der Waals surface area contributed by atoms with Crippen molar-refractivity contribution in [1.82, 2.24) is 0 Å². The number of rotatable bonds is 4. The molecule has 0 spiro atoms. The number of hydrogen-bond acceptors (Lipinski definition) is 2. The van der Waals surface area contributed by atoms with Gasteiger partial charge >= 0.3 is 0 Å². The minimum Gasteiger partial charge on any atom is -0.399 e. The van der Waals surface area contributed by atoms with Crippen molar-refractivity contribution in [3.8, 4) is 0 Å². The van der Waals surface area contributed by atoms with Gasteiger partial charge in [0, 0.05) is 16.8 Å². The molecule has 0 aliphatic carbocycles. The van der Waals surface area contributed by atoms with Crippen LogP contribution in [0.25, 0.3) is 0 Å². The van der Waals surface area contributed by atoms with Crippen LogP contribution in [0.1, 0.15) is 40.9 Å². The largest absolute Gasteiger partial charge is 0.399 e. The van der Waals surface area contributed by atoms with Crippen LogP contribution in [-0.4, -0.2) is 5.78 Å². The third kappa shape index (κ3) is 2.68. The molecule has 98 valence electrons. The number of nitrogen functional groups attached to an aromatic ring is 1. The number of ketones is 1. The van der Waals surface area contributed by atoms with Crippen LogP contribution in [0.3, 0.4) is 0 Å². The summed E-state index contributed by atoms with van der Waals surface area (Å²) in [6, 6.07) is 13.1. The average molecular weight is 253 g/mol. The lowest BCUT2D eigenvalue weighted by Crippen LogP contribution is -2.07. The molecule has 2 aromatic rings. The van der Waals surface area contributed by atoms with Gasteiger partial charge in [0.1, 0.15) is 0 Å². The van der Waals surface area contributed by atoms with Crippen LogP contribution in [-0.2, 0) is 12.8 Å². The molecule has 0 amide bonds. The van der Waals surface area contributed by atoms with Gasteiger partial charge in [0.2, 0.25) is 0 Å². The zero-order valence-corrected chi connectivity index (χ0v) is 11.4. The molecule has 2 rings (SSSR count). The monoisotopic (exact) mass is 253 g/mol. The van der Waals surface area contributed by atoms with Crippen molar-refractivity contribution in [3.05, 3.63) is 64.7 Å². The summed E-state index contributed by atoms with van der Waals surface area (Å²) in [4.78, 5) is 12.6. The first-order valence-corrected chi connectivity index (χ1v) is 6.68. The van der Waals surface area contributed by atoms with E-state index in [-0.39, 0.29) is 5.78 Å². The fourth-order valence-corrected chi connectivity index (χ4v) is 2.39. The van der Waals surface area contributed by atoms with Crippen LogP contribution in [0, 0.1) is 0 Å². The number of nitrogens with two attached hydrogens (primary N) is 1. The summed E-state index contributed by atoms with van der Waals surface area (Å²) in [5, 5.41) is 0. The second-order valence-electron chi connectivity index (χ2n) is 4.60. The van der Waals surface area contributed by atoms with E-state index in [1.165, 1.54) is 5.56 Å². The maximum Gasteiger partial charge on any atom is 0.193 e. The van der Waals surface area contributed by atoms with Crippen LogP contribution >= 0.6 is 0 Å². The van der Waals surface area contributed by atoms with E-state index in [1.807, 2.05) is 12.1 Å². The first-order chi connectivity index (χ1) is 9.17. The van der Waals surface area contributed by atoms with E-state index < -0.39 is 0 Å². The van der Waals surface area contributed by atoms with Crippen molar-refractivity contribution >= 4 is 11.5 Å². The summed E-state index contributed by atoms with van der Waals surface area (Å²) in [7, 11) is 0. The Kier molecular flexibility index (Phi) is 4.00. The van der Waals surface area contributed by atoms with Gasteiger partial charge in [0.05, 0.1) is 0 Å². The van der Waals surface area contributed by atoms with Crippen molar-refractivity contribution in [1.29, 1.82) is 0 Å². The second kappa shape index (κ2) is 5.70. The third-order valence-electron chi connectivity index (χ3n) is 3.42. The van der Waals surface area contributed by atoms with Crippen LogP contribution in [0.15, 0.2) is 42.5 Å². The van der Waals surface area contributed by atoms with Gasteiger partial charge in [-0.05, 0) is 48.2 Å². The molecule has 2 aromatic carbocycles. The highest BCUT2D eigenvalue weighted by molar-refractivity contribution is 6.10. The minimum atomic E-state index is 0.0761. The Morgan fingerprint density at radius 3 is 2.26 bits per heavy atom. The smallest absolute Gasteiger partial charge is 0.193 e. The van der Waals surface area contributed by atoms with E-state index in [0.717, 1.165) is 24.0 Å². The molecule has 0 radical (unpaired) electrons. The van der Waals surface area contributed by atoms with Crippen LogP contribution in [0.2, 0.25) is 0 Å². The highest BCUT2D eigenvalue weighted by Gasteiger charge is 2.14. The summed E-state index contributed by atoms with van der Waals surface area (Å²) < 4.78 is 0. The lowest BCUT2D eigenvalue weighted by Gasteiger charge is -2.11. The number of carbonyl (C=O) groups excluding carboxylic acids is 1. The van der Waals surface area contributed by atoms with E-state index in [2.05, 4.69) is 19.9 Å². The Morgan fingerprint density at radius 2 is 1.68 bits per heavy atom. The predicted molar refractivity (Wildman–Crippen MR) is 79.5 cm³/mol. The summed E-state index contributed by atoms with van der Waals surface area (Å²) in [5.41, 5.74) is 10.2.